The third-order valence-corrected chi connectivity index (χ3v) is 7.42. The molecule has 0 radical (unpaired) electrons. The van der Waals surface area contributed by atoms with Crippen molar-refractivity contribution in [2.75, 3.05) is 14.1 Å². The summed E-state index contributed by atoms with van der Waals surface area (Å²) in [6, 6.07) is 3.71. The van der Waals surface area contributed by atoms with E-state index in [2.05, 4.69) is 0 Å². The maximum atomic E-state index is 13.3. The van der Waals surface area contributed by atoms with Crippen LogP contribution in [0.4, 0.5) is 0 Å². The zero-order valence-electron chi connectivity index (χ0n) is 17.4. The fourth-order valence-electron chi connectivity index (χ4n) is 5.97. The smallest absolute Gasteiger partial charge is 0.255 e. The molecule has 0 heterocycles. The molecule has 166 valence electrons. The SMILES string of the molecule is C[C@H]1c2cccc(O)c2C(=O)C2C1CC1[C@H](N(C)C)C(=O)C(C(N)=O)=C(O)[C@@]1(O)C2O. The maximum absolute atomic E-state index is 13.3. The molecule has 4 rings (SSSR count). The molecule has 0 saturated heterocycles. The van der Waals surface area contributed by atoms with E-state index < -0.39 is 64.3 Å². The molecule has 3 aliphatic carbocycles. The van der Waals surface area contributed by atoms with Crippen molar-refractivity contribution in [3.05, 3.63) is 40.7 Å². The minimum Gasteiger partial charge on any atom is -0.508 e. The molecule has 0 bridgehead atoms. The molecule has 9 heteroatoms. The van der Waals surface area contributed by atoms with Crippen molar-refractivity contribution in [3.8, 4) is 5.75 Å². The van der Waals surface area contributed by atoms with E-state index >= 15 is 0 Å². The number of benzene rings is 1. The van der Waals surface area contributed by atoms with E-state index in [0.717, 1.165) is 0 Å². The first-order chi connectivity index (χ1) is 14.4. The van der Waals surface area contributed by atoms with Crippen LogP contribution in [0.3, 0.4) is 0 Å². The van der Waals surface area contributed by atoms with Crippen molar-refractivity contribution in [2.24, 2.45) is 23.5 Å². The molecule has 1 amide bonds. The van der Waals surface area contributed by atoms with Gasteiger partial charge in [0, 0.05) is 5.92 Å². The lowest BCUT2D eigenvalue weighted by molar-refractivity contribution is -0.185. The van der Waals surface area contributed by atoms with Crippen molar-refractivity contribution < 1.29 is 34.8 Å². The summed E-state index contributed by atoms with van der Waals surface area (Å²) in [6.45, 7) is 1.86. The van der Waals surface area contributed by atoms with E-state index in [9.17, 15) is 34.8 Å². The Labute approximate surface area is 178 Å². The fraction of sp³-hybridized carbons (Fsp3) is 0.500. The minimum absolute atomic E-state index is 0.0759. The minimum atomic E-state index is -2.42. The van der Waals surface area contributed by atoms with E-state index in [0.29, 0.717) is 5.56 Å². The molecule has 6 N–H and O–H groups in total. The zero-order chi connectivity index (χ0) is 23.0. The van der Waals surface area contributed by atoms with Crippen LogP contribution in [0.15, 0.2) is 29.5 Å². The predicted molar refractivity (Wildman–Crippen MR) is 108 cm³/mol. The number of hydrogen-bond donors (Lipinski definition) is 5. The molecule has 0 spiro atoms. The van der Waals surface area contributed by atoms with Gasteiger partial charge in [-0.15, -0.1) is 0 Å². The number of likely N-dealkylation sites (N-methyl/N-ethyl adjacent to an activating group) is 1. The molecular weight excluding hydrogens is 404 g/mol. The highest BCUT2D eigenvalue weighted by Crippen LogP contribution is 2.56. The number of fused-ring (bicyclic) bond motifs is 3. The van der Waals surface area contributed by atoms with E-state index in [1.165, 1.54) is 11.0 Å². The van der Waals surface area contributed by atoms with Gasteiger partial charge in [-0.05, 0) is 44.0 Å². The molecular formula is C22H26N2O7. The third kappa shape index (κ3) is 2.63. The second-order valence-electron chi connectivity index (χ2n) is 9.06. The zero-order valence-corrected chi connectivity index (χ0v) is 17.4. The molecule has 31 heavy (non-hydrogen) atoms. The summed E-state index contributed by atoms with van der Waals surface area (Å²) in [5, 5.41) is 44.0. The van der Waals surface area contributed by atoms with Gasteiger partial charge in [0.1, 0.15) is 23.2 Å². The van der Waals surface area contributed by atoms with Crippen LogP contribution < -0.4 is 5.73 Å². The van der Waals surface area contributed by atoms with Crippen molar-refractivity contribution in [1.29, 1.82) is 0 Å². The average Bonchev–Trinajstić information content (AvgIpc) is 2.68. The summed E-state index contributed by atoms with van der Waals surface area (Å²) in [4.78, 5) is 39.8. The summed E-state index contributed by atoms with van der Waals surface area (Å²) in [7, 11) is 3.18. The number of Topliss-reactive ketones (excluding diaryl/α,β-unsaturated/α-hetero) is 2. The maximum Gasteiger partial charge on any atom is 0.255 e. The number of phenols is 1. The molecule has 1 saturated carbocycles. The molecule has 9 nitrogen and oxygen atoms in total. The number of nitrogens with zero attached hydrogens (tertiary/aromatic N) is 1. The van der Waals surface area contributed by atoms with Gasteiger partial charge in [-0.25, -0.2) is 0 Å². The van der Waals surface area contributed by atoms with Crippen LogP contribution in [0.25, 0.3) is 0 Å². The Kier molecular flexibility index (Phi) is 4.77. The Hall–Kier alpha value is -2.75. The predicted octanol–water partition coefficient (Wildman–Crippen LogP) is -0.153. The van der Waals surface area contributed by atoms with Gasteiger partial charge in [0.15, 0.2) is 17.2 Å². The largest absolute Gasteiger partial charge is 0.508 e. The van der Waals surface area contributed by atoms with Gasteiger partial charge in [0.25, 0.3) is 5.91 Å². The quantitative estimate of drug-likeness (QED) is 0.405. The number of amides is 1. The van der Waals surface area contributed by atoms with E-state index in [1.807, 2.05) is 6.92 Å². The van der Waals surface area contributed by atoms with Crippen molar-refractivity contribution in [2.45, 2.75) is 37.0 Å². The first kappa shape index (κ1) is 21.5. The Morgan fingerprint density at radius 2 is 1.84 bits per heavy atom. The first-order valence-electron chi connectivity index (χ1n) is 10.1. The fourth-order valence-corrected chi connectivity index (χ4v) is 5.97. The molecule has 7 atom stereocenters. The number of hydrogen-bond acceptors (Lipinski definition) is 8. The van der Waals surface area contributed by atoms with E-state index in [1.54, 1.807) is 26.2 Å². The van der Waals surface area contributed by atoms with Crippen LogP contribution in [0.2, 0.25) is 0 Å². The Morgan fingerprint density at radius 1 is 1.19 bits per heavy atom. The third-order valence-electron chi connectivity index (χ3n) is 7.42. The average molecular weight is 430 g/mol. The lowest BCUT2D eigenvalue weighted by Gasteiger charge is -2.56. The van der Waals surface area contributed by atoms with Crippen LogP contribution >= 0.6 is 0 Å². The second-order valence-corrected chi connectivity index (χ2v) is 9.06. The number of rotatable bonds is 2. The Morgan fingerprint density at radius 3 is 2.42 bits per heavy atom. The van der Waals surface area contributed by atoms with Crippen LogP contribution in [0.5, 0.6) is 5.75 Å². The van der Waals surface area contributed by atoms with Gasteiger partial charge in [-0.3, -0.25) is 19.3 Å². The highest BCUT2D eigenvalue weighted by Gasteiger charge is 2.66. The van der Waals surface area contributed by atoms with Gasteiger partial charge in [0.2, 0.25) is 0 Å². The highest BCUT2D eigenvalue weighted by molar-refractivity contribution is 6.22. The van der Waals surface area contributed by atoms with Crippen molar-refractivity contribution >= 4 is 17.5 Å². The second kappa shape index (κ2) is 6.88. The van der Waals surface area contributed by atoms with Crippen LogP contribution in [-0.4, -0.2) is 74.6 Å². The molecule has 1 aromatic carbocycles. The number of phenolic OH excluding ortho intramolecular Hbond substituents is 1. The molecule has 1 fully saturated rings. The van der Waals surface area contributed by atoms with Crippen molar-refractivity contribution in [3.63, 3.8) is 0 Å². The van der Waals surface area contributed by atoms with Crippen LogP contribution in [0.1, 0.15) is 35.2 Å². The number of primary amides is 1. The first-order valence-corrected chi connectivity index (χ1v) is 10.1. The monoisotopic (exact) mass is 430 g/mol. The number of ketones is 2. The summed E-state index contributed by atoms with van der Waals surface area (Å²) in [5.41, 5.74) is 2.82. The number of nitrogens with two attached hydrogens (primary N) is 1. The number of aromatic hydroxyl groups is 1. The lowest BCUT2D eigenvalue weighted by atomic mass is 9.52. The normalized spacial score (nSPS) is 37.4. The van der Waals surface area contributed by atoms with Gasteiger partial charge in [0.05, 0.1) is 17.5 Å². The van der Waals surface area contributed by atoms with E-state index in [4.69, 9.17) is 5.73 Å². The summed E-state index contributed by atoms with van der Waals surface area (Å²) in [6.07, 6.45) is -1.69. The van der Waals surface area contributed by atoms with Gasteiger partial charge in [-0.1, -0.05) is 19.1 Å². The molecule has 3 aliphatic rings. The summed E-state index contributed by atoms with van der Waals surface area (Å²) in [5.74, 6) is -6.59. The number of carbonyl (C=O) groups is 3. The van der Waals surface area contributed by atoms with E-state index in [-0.39, 0.29) is 23.7 Å². The summed E-state index contributed by atoms with van der Waals surface area (Å²) < 4.78 is 0. The summed E-state index contributed by atoms with van der Waals surface area (Å²) >= 11 is 0. The van der Waals surface area contributed by atoms with Crippen LogP contribution in [0, 0.1) is 17.8 Å². The van der Waals surface area contributed by atoms with Gasteiger partial charge < -0.3 is 26.2 Å². The number of carbonyl (C=O) groups excluding carboxylic acids is 3. The highest BCUT2D eigenvalue weighted by atomic mass is 16.4. The van der Waals surface area contributed by atoms with Gasteiger partial charge >= 0.3 is 0 Å². The Bertz CT molecular complexity index is 1030. The standard InChI is InChI=1S/C22H26N2O7/c1-8-9-5-4-6-12(25)13(9)17(26)14-10(8)7-11-16(24(2)3)18(27)15(21(23)30)20(29)22(11,31)19(14)28/h4-6,8,10-11,14,16,19,25,28-29,31H,7H2,1-3H3,(H2,23,30)/t8-,10?,11?,14?,16-,19?,22-/m0/s1. The van der Waals surface area contributed by atoms with Gasteiger partial charge in [-0.2, -0.15) is 0 Å². The number of aliphatic hydroxyl groups is 3. The molecule has 0 aliphatic heterocycles. The van der Waals surface area contributed by atoms with Crippen molar-refractivity contribution in [1.82, 2.24) is 4.90 Å². The lowest BCUT2D eigenvalue weighted by Crippen LogP contribution is -2.70. The molecule has 1 aromatic rings. The topological polar surface area (TPSA) is 161 Å². The van der Waals surface area contributed by atoms with Crippen LogP contribution in [-0.2, 0) is 9.59 Å². The molecule has 4 unspecified atom stereocenters. The Balaban J connectivity index is 1.94. The molecule has 0 aromatic heterocycles. The number of aliphatic hydroxyl groups excluding tert-OH is 2.